The molecule has 0 unspecified atom stereocenters. The average molecular weight is 617 g/mol. The summed E-state index contributed by atoms with van der Waals surface area (Å²) in [6, 6.07) is 8.29. The van der Waals surface area contributed by atoms with Crippen LogP contribution in [0.1, 0.15) is 24.7 Å². The second-order valence-electron chi connectivity index (χ2n) is 10.7. The molecular weight excluding hydrogens is 569 g/mol. The Morgan fingerprint density at radius 2 is 0.872 bits per heavy atom. The predicted octanol–water partition coefficient (Wildman–Crippen LogP) is 13.1. The van der Waals surface area contributed by atoms with Gasteiger partial charge in [-0.2, -0.15) is 0 Å². The monoisotopic (exact) mass is 616 g/mol. The molecule has 0 bridgehead atoms. The molecule has 0 saturated heterocycles. The molecule has 0 saturated carbocycles. The van der Waals surface area contributed by atoms with Crippen LogP contribution < -0.4 is 0 Å². The number of rotatable bonds is 5. The highest BCUT2D eigenvalue weighted by molar-refractivity contribution is 6.25. The maximum absolute atomic E-state index is 9.56. The standard InChI is InChI=1S/C46H30O/c1-4-15-31(16-5-1)34-21-14-22-36(29-34)46-45(41-30-35(27-28-42(41)47-46)32-17-6-2-7-18-32)44-39-25-12-10-23-37(39)43(33-19-8-3-9-20-33)38-24-11-13-26-40(38)44/h1-30H/i1D,3D,4D,5D,8D,9D,10D,11D,12D,13D,15D,16D,19D,20D,23D,24D,25D,26D. The van der Waals surface area contributed by atoms with Crippen molar-refractivity contribution >= 4 is 32.5 Å². The van der Waals surface area contributed by atoms with Gasteiger partial charge in [0, 0.05) is 22.1 Å². The summed E-state index contributed by atoms with van der Waals surface area (Å²) in [5.41, 5.74) is 0.884. The van der Waals surface area contributed by atoms with E-state index in [1.807, 2.05) is 30.3 Å². The fourth-order valence-corrected chi connectivity index (χ4v) is 6.07. The van der Waals surface area contributed by atoms with E-state index in [1.165, 1.54) is 6.07 Å². The summed E-state index contributed by atoms with van der Waals surface area (Å²) in [6.07, 6.45) is 0. The Kier molecular flexibility index (Phi) is 3.49. The number of hydrogen-bond donors (Lipinski definition) is 0. The molecule has 220 valence electrons. The molecule has 1 heteroatoms. The summed E-state index contributed by atoms with van der Waals surface area (Å²) in [7, 11) is 0. The van der Waals surface area contributed by atoms with Crippen LogP contribution in [0, 0.1) is 0 Å². The van der Waals surface area contributed by atoms with E-state index in [0.717, 1.165) is 5.56 Å². The molecule has 0 aliphatic rings. The van der Waals surface area contributed by atoms with Crippen molar-refractivity contribution in [2.75, 3.05) is 0 Å². The van der Waals surface area contributed by atoms with Crippen LogP contribution in [0.3, 0.4) is 0 Å². The number of fused-ring (bicyclic) bond motifs is 3. The van der Waals surface area contributed by atoms with Crippen molar-refractivity contribution in [1.29, 1.82) is 0 Å². The van der Waals surface area contributed by atoms with Crippen LogP contribution in [0.4, 0.5) is 0 Å². The van der Waals surface area contributed by atoms with Gasteiger partial charge in [0.15, 0.2) is 0 Å². The van der Waals surface area contributed by atoms with Crippen LogP contribution in [-0.4, -0.2) is 0 Å². The number of furan rings is 1. The van der Waals surface area contributed by atoms with Gasteiger partial charge in [-0.05, 0) is 73.1 Å². The van der Waals surface area contributed by atoms with Crippen LogP contribution in [0.5, 0.6) is 0 Å². The molecule has 0 spiro atoms. The topological polar surface area (TPSA) is 13.1 Å². The molecule has 1 heterocycles. The van der Waals surface area contributed by atoms with Gasteiger partial charge in [0.1, 0.15) is 11.3 Å². The average Bonchev–Trinajstić information content (AvgIpc) is 3.69. The highest BCUT2D eigenvalue weighted by Crippen LogP contribution is 2.50. The molecule has 0 fully saturated rings. The first-order chi connectivity index (χ1) is 30.8. The highest BCUT2D eigenvalue weighted by Gasteiger charge is 2.24. The lowest BCUT2D eigenvalue weighted by molar-refractivity contribution is 0.632. The van der Waals surface area contributed by atoms with Gasteiger partial charge in [-0.1, -0.05) is 163 Å². The molecule has 1 nitrogen and oxygen atoms in total. The smallest absolute Gasteiger partial charge is 0.143 e. The fourth-order valence-electron chi connectivity index (χ4n) is 6.07. The Balaban J connectivity index is 1.56. The van der Waals surface area contributed by atoms with Gasteiger partial charge in [-0.15, -0.1) is 0 Å². The van der Waals surface area contributed by atoms with Crippen molar-refractivity contribution in [2.24, 2.45) is 0 Å². The zero-order valence-corrected chi connectivity index (χ0v) is 24.3. The van der Waals surface area contributed by atoms with Crippen LogP contribution in [-0.2, 0) is 0 Å². The van der Waals surface area contributed by atoms with Gasteiger partial charge < -0.3 is 4.42 Å². The fraction of sp³-hybridized carbons (Fsp3) is 0. The van der Waals surface area contributed by atoms with E-state index in [0.29, 0.717) is 10.9 Å². The quantitative estimate of drug-likeness (QED) is 0.175. The Morgan fingerprint density at radius 3 is 1.53 bits per heavy atom. The molecule has 0 amide bonds. The van der Waals surface area contributed by atoms with Gasteiger partial charge in [0.05, 0.1) is 24.7 Å². The van der Waals surface area contributed by atoms with Crippen molar-refractivity contribution in [3.05, 3.63) is 182 Å². The van der Waals surface area contributed by atoms with Crippen LogP contribution in [0.25, 0.3) is 88.3 Å². The lowest BCUT2D eigenvalue weighted by atomic mass is 9.84. The molecule has 8 aromatic carbocycles. The molecule has 9 aromatic rings. The van der Waals surface area contributed by atoms with Crippen molar-refractivity contribution < 1.29 is 29.1 Å². The Labute approximate surface area is 299 Å². The van der Waals surface area contributed by atoms with E-state index in [-0.39, 0.29) is 49.9 Å². The van der Waals surface area contributed by atoms with E-state index in [4.69, 9.17) is 23.6 Å². The van der Waals surface area contributed by atoms with E-state index < -0.39 is 131 Å². The van der Waals surface area contributed by atoms with E-state index >= 15 is 0 Å². The van der Waals surface area contributed by atoms with Gasteiger partial charge in [-0.3, -0.25) is 0 Å². The van der Waals surface area contributed by atoms with Crippen molar-refractivity contribution in [3.8, 4) is 55.8 Å². The molecule has 47 heavy (non-hydrogen) atoms. The molecule has 0 radical (unpaired) electrons. The first kappa shape index (κ1) is 14.5. The first-order valence-corrected chi connectivity index (χ1v) is 14.6. The summed E-state index contributed by atoms with van der Waals surface area (Å²) >= 11 is 0. The third-order valence-corrected chi connectivity index (χ3v) is 8.08. The number of hydrogen-bond acceptors (Lipinski definition) is 1. The second-order valence-corrected chi connectivity index (χ2v) is 10.7. The minimum atomic E-state index is -0.788. The third-order valence-electron chi connectivity index (χ3n) is 8.08. The van der Waals surface area contributed by atoms with Gasteiger partial charge in [-0.25, -0.2) is 0 Å². The molecule has 0 aliphatic carbocycles. The van der Waals surface area contributed by atoms with Crippen LogP contribution >= 0.6 is 0 Å². The van der Waals surface area contributed by atoms with E-state index in [9.17, 15) is 5.48 Å². The highest BCUT2D eigenvalue weighted by atomic mass is 16.3. The lowest BCUT2D eigenvalue weighted by Crippen LogP contribution is -1.91. The summed E-state index contributed by atoms with van der Waals surface area (Å²) in [5, 5.41) is -1.10. The third kappa shape index (κ3) is 4.64. The van der Waals surface area contributed by atoms with Gasteiger partial charge in [0.2, 0.25) is 0 Å². The molecule has 1 aromatic heterocycles. The van der Waals surface area contributed by atoms with Gasteiger partial charge in [0.25, 0.3) is 0 Å². The Bertz CT molecular complexity index is 3440. The van der Waals surface area contributed by atoms with Gasteiger partial charge >= 0.3 is 0 Å². The molecule has 0 aliphatic heterocycles. The molecule has 0 N–H and O–H groups in total. The zero-order chi connectivity index (χ0) is 46.8. The summed E-state index contributed by atoms with van der Waals surface area (Å²) in [5.74, 6) is -0.00240. The Hall–Kier alpha value is -6.18. The van der Waals surface area contributed by atoms with Crippen molar-refractivity contribution in [1.82, 2.24) is 0 Å². The summed E-state index contributed by atoms with van der Waals surface area (Å²) in [4.78, 5) is 0. The van der Waals surface area contributed by atoms with Crippen molar-refractivity contribution in [2.45, 2.75) is 0 Å². The maximum Gasteiger partial charge on any atom is 0.143 e. The minimum absolute atomic E-state index is 0.00240. The zero-order valence-electron chi connectivity index (χ0n) is 42.3. The van der Waals surface area contributed by atoms with E-state index in [2.05, 4.69) is 0 Å². The summed E-state index contributed by atoms with van der Waals surface area (Å²) < 4.78 is 166. The molecule has 9 rings (SSSR count). The maximum atomic E-state index is 9.56. The Morgan fingerprint density at radius 1 is 0.340 bits per heavy atom. The van der Waals surface area contributed by atoms with Crippen LogP contribution in [0.2, 0.25) is 0 Å². The molecular formula is C46H30O. The second kappa shape index (κ2) is 11.3. The SMILES string of the molecule is [2H]c1c([2H])c([2H])c(-c2cccc(-c3oc4ccc(-c5ccccc5)cc4c3-c3c4c([2H])c([2H])c([2H])c([2H])c4c(-c4c([2H])c([2H])c([2H])c([2H])c4[2H])c4c([2H])c([2H])c([2H])c([2H])c34)c2)c([2H])c1[2H]. The summed E-state index contributed by atoms with van der Waals surface area (Å²) in [6.45, 7) is 0. The predicted molar refractivity (Wildman–Crippen MR) is 198 cm³/mol. The van der Waals surface area contributed by atoms with Crippen molar-refractivity contribution in [3.63, 3.8) is 0 Å². The lowest BCUT2D eigenvalue weighted by Gasteiger charge is -2.18. The number of benzene rings is 8. The molecule has 0 atom stereocenters. The minimum Gasteiger partial charge on any atom is -0.455 e. The van der Waals surface area contributed by atoms with Crippen LogP contribution in [0.15, 0.2) is 186 Å². The first-order valence-electron chi connectivity index (χ1n) is 23.6. The largest absolute Gasteiger partial charge is 0.455 e. The van der Waals surface area contributed by atoms with E-state index in [1.54, 1.807) is 36.4 Å². The normalized spacial score (nSPS) is 16.8.